The molecule has 0 amide bonds. The predicted molar refractivity (Wildman–Crippen MR) is 58.3 cm³/mol. The topological polar surface area (TPSA) is 96.0 Å². The minimum Gasteiger partial charge on any atom is -0.386 e. The lowest BCUT2D eigenvalue weighted by atomic mass is 9.98. The van der Waals surface area contributed by atoms with Crippen LogP contribution in [0.25, 0.3) is 0 Å². The molecule has 0 bridgehead atoms. The zero-order chi connectivity index (χ0) is 10.1. The molecule has 0 aromatic rings. The van der Waals surface area contributed by atoms with Gasteiger partial charge in [0.05, 0.1) is 11.8 Å². The summed E-state index contributed by atoms with van der Waals surface area (Å²) in [5.74, 6) is -0.0737. The number of rotatable bonds is 3. The minimum atomic E-state index is -3.28. The number of sulfonamides is 1. The highest BCUT2D eigenvalue weighted by Gasteiger charge is 2.39. The van der Waals surface area contributed by atoms with E-state index < -0.39 is 15.6 Å². The summed E-state index contributed by atoms with van der Waals surface area (Å²) >= 11 is 0. The van der Waals surface area contributed by atoms with Crippen LogP contribution in [0.5, 0.6) is 0 Å². The van der Waals surface area contributed by atoms with Crippen LogP contribution in [-0.2, 0) is 10.0 Å². The zero-order valence-electron chi connectivity index (χ0n) is 8.04. The molecule has 4 N–H and O–H groups in total. The maximum atomic E-state index is 11.0. The molecule has 1 fully saturated rings. The molecule has 0 aliphatic heterocycles. The fraction of sp³-hybridized carbons (Fsp3) is 0.857. The molecular weight excluding hydrogens is 226 g/mol. The van der Waals surface area contributed by atoms with Crippen molar-refractivity contribution in [1.82, 2.24) is 4.72 Å². The number of nitrogens with one attached hydrogen (secondary N) is 2. The fourth-order valence-corrected chi connectivity index (χ4v) is 2.78. The van der Waals surface area contributed by atoms with Gasteiger partial charge in [-0.3, -0.25) is 5.41 Å². The van der Waals surface area contributed by atoms with Crippen molar-refractivity contribution in [2.75, 3.05) is 6.26 Å². The summed E-state index contributed by atoms with van der Waals surface area (Å²) < 4.78 is 24.5. The van der Waals surface area contributed by atoms with Gasteiger partial charge in [-0.05, 0) is 12.8 Å². The first kappa shape index (κ1) is 13.7. The van der Waals surface area contributed by atoms with Gasteiger partial charge in [0.1, 0.15) is 5.84 Å². The third kappa shape index (κ3) is 3.11. The largest absolute Gasteiger partial charge is 0.386 e. The second kappa shape index (κ2) is 4.46. The van der Waals surface area contributed by atoms with Gasteiger partial charge in [0.2, 0.25) is 10.0 Å². The smallest absolute Gasteiger partial charge is 0.209 e. The molecule has 0 radical (unpaired) electrons. The van der Waals surface area contributed by atoms with Crippen LogP contribution in [0.2, 0.25) is 0 Å². The Kier molecular flexibility index (Phi) is 4.35. The molecule has 0 saturated heterocycles. The van der Waals surface area contributed by atoms with E-state index >= 15 is 0 Å². The van der Waals surface area contributed by atoms with Gasteiger partial charge in [-0.1, -0.05) is 12.8 Å². The molecule has 0 spiro atoms. The van der Waals surface area contributed by atoms with Crippen molar-refractivity contribution in [3.63, 3.8) is 0 Å². The predicted octanol–water partition coefficient (Wildman–Crippen LogP) is 0.206. The lowest BCUT2D eigenvalue weighted by Crippen LogP contribution is -2.54. The molecule has 7 heteroatoms. The van der Waals surface area contributed by atoms with E-state index in [2.05, 4.69) is 4.72 Å². The summed E-state index contributed by atoms with van der Waals surface area (Å²) in [6.45, 7) is 0. The summed E-state index contributed by atoms with van der Waals surface area (Å²) in [5.41, 5.74) is 4.60. The van der Waals surface area contributed by atoms with E-state index in [0.717, 1.165) is 19.1 Å². The van der Waals surface area contributed by atoms with Crippen molar-refractivity contribution in [2.24, 2.45) is 5.73 Å². The van der Waals surface area contributed by atoms with Crippen LogP contribution >= 0.6 is 12.4 Å². The Balaban J connectivity index is 0.00000169. The first-order chi connectivity index (χ1) is 5.86. The number of hydrogen-bond donors (Lipinski definition) is 3. The van der Waals surface area contributed by atoms with Gasteiger partial charge in [0.25, 0.3) is 0 Å². The highest BCUT2D eigenvalue weighted by atomic mass is 35.5. The average Bonchev–Trinajstić information content (AvgIpc) is 2.33. The van der Waals surface area contributed by atoms with E-state index in [4.69, 9.17) is 11.1 Å². The molecular formula is C7H16ClN3O2S. The van der Waals surface area contributed by atoms with Crippen molar-refractivity contribution >= 4 is 28.3 Å². The van der Waals surface area contributed by atoms with Crippen molar-refractivity contribution in [2.45, 2.75) is 31.2 Å². The molecule has 84 valence electrons. The molecule has 14 heavy (non-hydrogen) atoms. The van der Waals surface area contributed by atoms with Gasteiger partial charge >= 0.3 is 0 Å². The number of nitrogens with two attached hydrogens (primary N) is 1. The van der Waals surface area contributed by atoms with Crippen molar-refractivity contribution in [1.29, 1.82) is 5.41 Å². The van der Waals surface area contributed by atoms with Gasteiger partial charge < -0.3 is 5.73 Å². The van der Waals surface area contributed by atoms with Crippen LogP contribution < -0.4 is 10.5 Å². The quantitative estimate of drug-likeness (QED) is 0.487. The normalized spacial score (nSPS) is 20.1. The average molecular weight is 242 g/mol. The summed E-state index contributed by atoms with van der Waals surface area (Å²) in [6.07, 6.45) is 4.20. The molecule has 1 saturated carbocycles. The Morgan fingerprint density at radius 3 is 2.14 bits per heavy atom. The molecule has 0 aromatic carbocycles. The monoisotopic (exact) mass is 241 g/mol. The highest BCUT2D eigenvalue weighted by molar-refractivity contribution is 7.88. The van der Waals surface area contributed by atoms with Gasteiger partial charge in [0, 0.05) is 0 Å². The molecule has 0 heterocycles. The van der Waals surface area contributed by atoms with E-state index in [-0.39, 0.29) is 18.2 Å². The van der Waals surface area contributed by atoms with Crippen LogP contribution in [0.3, 0.4) is 0 Å². The summed E-state index contributed by atoms with van der Waals surface area (Å²) in [7, 11) is -3.28. The number of hydrogen-bond acceptors (Lipinski definition) is 3. The molecule has 0 atom stereocenters. The SMILES string of the molecule is CS(=O)(=O)NC1(C(=N)N)CCCC1.Cl. The van der Waals surface area contributed by atoms with E-state index in [1.165, 1.54) is 0 Å². The fourth-order valence-electron chi connectivity index (χ4n) is 1.76. The molecule has 1 aliphatic rings. The summed E-state index contributed by atoms with van der Waals surface area (Å²) in [4.78, 5) is 0. The van der Waals surface area contributed by atoms with Crippen molar-refractivity contribution in [3.8, 4) is 0 Å². The maximum absolute atomic E-state index is 11.0. The van der Waals surface area contributed by atoms with Gasteiger partial charge in [0.15, 0.2) is 0 Å². The third-order valence-electron chi connectivity index (χ3n) is 2.35. The maximum Gasteiger partial charge on any atom is 0.209 e. The Hall–Kier alpha value is -0.330. The molecule has 0 aromatic heterocycles. The van der Waals surface area contributed by atoms with Crippen LogP contribution in [0.4, 0.5) is 0 Å². The van der Waals surface area contributed by atoms with Crippen molar-refractivity contribution < 1.29 is 8.42 Å². The number of amidine groups is 1. The summed E-state index contributed by atoms with van der Waals surface area (Å²) in [6, 6.07) is 0. The molecule has 0 unspecified atom stereocenters. The molecule has 1 aliphatic carbocycles. The first-order valence-electron chi connectivity index (χ1n) is 4.19. The number of halogens is 1. The Morgan fingerprint density at radius 1 is 1.43 bits per heavy atom. The lowest BCUT2D eigenvalue weighted by molar-refractivity contribution is 0.499. The lowest BCUT2D eigenvalue weighted by Gasteiger charge is -2.27. The van der Waals surface area contributed by atoms with E-state index in [0.29, 0.717) is 12.8 Å². The van der Waals surface area contributed by atoms with Crippen LogP contribution in [0.15, 0.2) is 0 Å². The Morgan fingerprint density at radius 2 is 1.86 bits per heavy atom. The van der Waals surface area contributed by atoms with E-state index in [1.807, 2.05) is 0 Å². The Bertz CT molecular complexity index is 309. The minimum absolute atomic E-state index is 0. The third-order valence-corrected chi connectivity index (χ3v) is 3.11. The van der Waals surface area contributed by atoms with Crippen LogP contribution in [0.1, 0.15) is 25.7 Å². The van der Waals surface area contributed by atoms with Crippen molar-refractivity contribution in [3.05, 3.63) is 0 Å². The van der Waals surface area contributed by atoms with Crippen LogP contribution in [-0.4, -0.2) is 26.0 Å². The standard InChI is InChI=1S/C7H15N3O2S.ClH/c1-13(11,12)10-7(6(8)9)4-2-3-5-7;/h10H,2-5H2,1H3,(H3,8,9);1H. The molecule has 1 rings (SSSR count). The zero-order valence-corrected chi connectivity index (χ0v) is 9.67. The van der Waals surface area contributed by atoms with Crippen LogP contribution in [0, 0.1) is 5.41 Å². The second-order valence-corrected chi connectivity index (χ2v) is 5.33. The van der Waals surface area contributed by atoms with E-state index in [1.54, 1.807) is 0 Å². The van der Waals surface area contributed by atoms with E-state index in [9.17, 15) is 8.42 Å². The van der Waals surface area contributed by atoms with Gasteiger partial charge in [-0.15, -0.1) is 12.4 Å². The second-order valence-electron chi connectivity index (χ2n) is 3.58. The Labute approximate surface area is 90.4 Å². The summed E-state index contributed by atoms with van der Waals surface area (Å²) in [5, 5.41) is 7.37. The molecule has 5 nitrogen and oxygen atoms in total. The van der Waals surface area contributed by atoms with Gasteiger partial charge in [-0.2, -0.15) is 0 Å². The highest BCUT2D eigenvalue weighted by Crippen LogP contribution is 2.29. The first-order valence-corrected chi connectivity index (χ1v) is 6.08. The van der Waals surface area contributed by atoms with Gasteiger partial charge in [-0.25, -0.2) is 13.1 Å².